The summed E-state index contributed by atoms with van der Waals surface area (Å²) in [6.07, 6.45) is 1.86. The Morgan fingerprint density at radius 3 is 2.64 bits per heavy atom. The average Bonchev–Trinajstić information content (AvgIpc) is 3.05. The number of fused-ring (bicyclic) bond motifs is 1. The van der Waals surface area contributed by atoms with Crippen molar-refractivity contribution in [3.8, 4) is 0 Å². The quantitative estimate of drug-likeness (QED) is 0.910. The van der Waals surface area contributed by atoms with Gasteiger partial charge in [0.15, 0.2) is 0 Å². The minimum atomic E-state index is -0.472. The predicted molar refractivity (Wildman–Crippen MR) is 97.1 cm³/mol. The van der Waals surface area contributed by atoms with Crippen molar-refractivity contribution in [1.82, 2.24) is 14.8 Å². The molecule has 3 rings (SSSR count). The first-order chi connectivity index (χ1) is 12.0. The molecule has 5 nitrogen and oxygen atoms in total. The first kappa shape index (κ1) is 17.3. The number of nitrogens with one attached hydrogen (secondary N) is 1. The van der Waals surface area contributed by atoms with Gasteiger partial charge < -0.3 is 14.8 Å². The molecule has 1 aromatic heterocycles. The van der Waals surface area contributed by atoms with Crippen molar-refractivity contribution in [2.45, 2.75) is 39.9 Å². The molecule has 2 amide bonds. The lowest BCUT2D eigenvalue weighted by Gasteiger charge is -2.36. The summed E-state index contributed by atoms with van der Waals surface area (Å²) in [4.78, 5) is 27.3. The smallest absolute Gasteiger partial charge is 0.271 e. The van der Waals surface area contributed by atoms with Gasteiger partial charge >= 0.3 is 0 Å². The van der Waals surface area contributed by atoms with E-state index >= 15 is 0 Å². The second-order valence-electron chi connectivity index (χ2n) is 7.12. The molecule has 1 unspecified atom stereocenters. The van der Waals surface area contributed by atoms with Gasteiger partial charge in [-0.3, -0.25) is 9.59 Å². The van der Waals surface area contributed by atoms with E-state index in [-0.39, 0.29) is 11.8 Å². The van der Waals surface area contributed by atoms with Gasteiger partial charge in [0.2, 0.25) is 5.91 Å². The molecule has 1 N–H and O–H groups in total. The molecule has 0 radical (unpaired) electrons. The van der Waals surface area contributed by atoms with Crippen LogP contribution in [0.25, 0.3) is 0 Å². The van der Waals surface area contributed by atoms with Crippen molar-refractivity contribution < 1.29 is 9.59 Å². The molecule has 2 heterocycles. The number of aryl methyl sites for hydroxylation is 1. The average molecular weight is 339 g/mol. The maximum absolute atomic E-state index is 12.8. The van der Waals surface area contributed by atoms with Crippen LogP contribution in [0.1, 0.15) is 35.5 Å². The van der Waals surface area contributed by atoms with Crippen molar-refractivity contribution in [1.29, 1.82) is 0 Å². The van der Waals surface area contributed by atoms with Crippen LogP contribution in [0.3, 0.4) is 0 Å². The standard InChI is InChI=1S/C20H25N3O2/c1-14(2)12-23-18(13-22-10-4-5-17(22)20(23)25)19(24)21-11-16-8-6-15(3)7-9-16/h4-10,14,18H,11-13H2,1-3H3,(H,21,24). The van der Waals surface area contributed by atoms with Gasteiger partial charge in [0, 0.05) is 19.3 Å². The molecule has 0 aliphatic carbocycles. The summed E-state index contributed by atoms with van der Waals surface area (Å²) in [5, 5.41) is 2.99. The highest BCUT2D eigenvalue weighted by atomic mass is 16.2. The zero-order chi connectivity index (χ0) is 18.0. The fourth-order valence-corrected chi connectivity index (χ4v) is 3.18. The fourth-order valence-electron chi connectivity index (χ4n) is 3.18. The topological polar surface area (TPSA) is 54.3 Å². The predicted octanol–water partition coefficient (Wildman–Crippen LogP) is 2.59. The molecule has 0 fully saturated rings. The Labute approximate surface area is 148 Å². The number of amides is 2. The molecule has 1 aromatic carbocycles. The van der Waals surface area contributed by atoms with Gasteiger partial charge in [-0.2, -0.15) is 0 Å². The first-order valence-electron chi connectivity index (χ1n) is 8.75. The van der Waals surface area contributed by atoms with Gasteiger partial charge in [-0.05, 0) is 30.5 Å². The van der Waals surface area contributed by atoms with Crippen molar-refractivity contribution in [3.63, 3.8) is 0 Å². The van der Waals surface area contributed by atoms with Crippen LogP contribution in [-0.2, 0) is 17.9 Å². The molecule has 1 aliphatic heterocycles. The van der Waals surface area contributed by atoms with Crippen LogP contribution in [0.2, 0.25) is 0 Å². The Balaban J connectivity index is 1.74. The maximum atomic E-state index is 12.8. The largest absolute Gasteiger partial charge is 0.350 e. The van der Waals surface area contributed by atoms with Gasteiger partial charge in [0.05, 0.1) is 6.54 Å². The summed E-state index contributed by atoms with van der Waals surface area (Å²) >= 11 is 0. The highest BCUT2D eigenvalue weighted by molar-refractivity contribution is 5.97. The highest BCUT2D eigenvalue weighted by Gasteiger charge is 2.36. The van der Waals surface area contributed by atoms with Crippen LogP contribution in [0, 0.1) is 12.8 Å². The Morgan fingerprint density at radius 2 is 1.96 bits per heavy atom. The molecule has 1 aliphatic rings. The number of aromatic nitrogens is 1. The lowest BCUT2D eigenvalue weighted by Crippen LogP contribution is -2.55. The van der Waals surface area contributed by atoms with Gasteiger partial charge in [0.25, 0.3) is 5.91 Å². The van der Waals surface area contributed by atoms with Crippen molar-refractivity contribution in [2.75, 3.05) is 6.54 Å². The van der Waals surface area contributed by atoms with Crippen molar-refractivity contribution >= 4 is 11.8 Å². The molecular formula is C20H25N3O2. The zero-order valence-corrected chi connectivity index (χ0v) is 15.0. The molecule has 0 saturated heterocycles. The lowest BCUT2D eigenvalue weighted by atomic mass is 10.1. The van der Waals surface area contributed by atoms with E-state index in [2.05, 4.69) is 19.2 Å². The Morgan fingerprint density at radius 1 is 1.24 bits per heavy atom. The third-order valence-electron chi connectivity index (χ3n) is 4.51. The van der Waals surface area contributed by atoms with Crippen LogP contribution in [0.5, 0.6) is 0 Å². The highest BCUT2D eigenvalue weighted by Crippen LogP contribution is 2.20. The van der Waals surface area contributed by atoms with Gasteiger partial charge in [-0.1, -0.05) is 43.7 Å². The molecule has 0 bridgehead atoms. The van der Waals surface area contributed by atoms with Crippen LogP contribution >= 0.6 is 0 Å². The summed E-state index contributed by atoms with van der Waals surface area (Å²) in [5.41, 5.74) is 2.90. The van der Waals surface area contributed by atoms with Crippen molar-refractivity contribution in [2.24, 2.45) is 5.92 Å². The van der Waals surface area contributed by atoms with E-state index < -0.39 is 6.04 Å². The van der Waals surface area contributed by atoms with Crippen LogP contribution < -0.4 is 5.32 Å². The second-order valence-corrected chi connectivity index (χ2v) is 7.12. The SMILES string of the molecule is Cc1ccc(CNC(=O)C2Cn3cccc3C(=O)N2CC(C)C)cc1. The van der Waals surface area contributed by atoms with Gasteiger partial charge in [-0.15, -0.1) is 0 Å². The number of rotatable bonds is 5. The first-order valence-corrected chi connectivity index (χ1v) is 8.75. The Bertz CT molecular complexity index is 762. The number of hydrogen-bond donors (Lipinski definition) is 1. The number of carbonyl (C=O) groups is 2. The third-order valence-corrected chi connectivity index (χ3v) is 4.51. The van der Waals surface area contributed by atoms with Crippen LogP contribution in [-0.4, -0.2) is 33.9 Å². The van der Waals surface area contributed by atoms with E-state index in [0.717, 1.165) is 5.56 Å². The number of benzene rings is 1. The normalized spacial score (nSPS) is 16.9. The van der Waals surface area contributed by atoms with E-state index in [0.29, 0.717) is 31.2 Å². The summed E-state index contributed by atoms with van der Waals surface area (Å²) < 4.78 is 1.87. The minimum absolute atomic E-state index is 0.0690. The molecule has 0 spiro atoms. The van der Waals surface area contributed by atoms with E-state index in [4.69, 9.17) is 0 Å². The van der Waals surface area contributed by atoms with E-state index in [9.17, 15) is 9.59 Å². The minimum Gasteiger partial charge on any atom is -0.350 e. The molecule has 25 heavy (non-hydrogen) atoms. The summed E-state index contributed by atoms with van der Waals surface area (Å²) in [6, 6.07) is 11.3. The molecule has 132 valence electrons. The number of nitrogens with zero attached hydrogens (tertiary/aromatic N) is 2. The van der Waals surface area contributed by atoms with Crippen LogP contribution in [0.4, 0.5) is 0 Å². The fraction of sp³-hybridized carbons (Fsp3) is 0.400. The summed E-state index contributed by atoms with van der Waals surface area (Å²) in [5.74, 6) is 0.132. The summed E-state index contributed by atoms with van der Waals surface area (Å²) in [7, 11) is 0. The molecule has 0 saturated carbocycles. The molecular weight excluding hydrogens is 314 g/mol. The third kappa shape index (κ3) is 3.76. The lowest BCUT2D eigenvalue weighted by molar-refractivity contribution is -0.126. The summed E-state index contributed by atoms with van der Waals surface area (Å²) in [6.45, 7) is 7.70. The van der Waals surface area contributed by atoms with E-state index in [1.165, 1.54) is 5.56 Å². The molecule has 5 heteroatoms. The van der Waals surface area contributed by atoms with Gasteiger partial charge in [0.1, 0.15) is 11.7 Å². The number of carbonyl (C=O) groups excluding carboxylic acids is 2. The van der Waals surface area contributed by atoms with Gasteiger partial charge in [-0.25, -0.2) is 0 Å². The van der Waals surface area contributed by atoms with Crippen molar-refractivity contribution in [3.05, 3.63) is 59.4 Å². The Kier molecular flexibility index (Phi) is 4.93. The van der Waals surface area contributed by atoms with E-state index in [1.807, 2.05) is 54.1 Å². The van der Waals surface area contributed by atoms with E-state index in [1.54, 1.807) is 4.90 Å². The second kappa shape index (κ2) is 7.13. The van der Waals surface area contributed by atoms with Crippen LogP contribution in [0.15, 0.2) is 42.6 Å². The number of hydrogen-bond acceptors (Lipinski definition) is 2. The maximum Gasteiger partial charge on any atom is 0.271 e. The molecule has 2 aromatic rings. The zero-order valence-electron chi connectivity index (χ0n) is 15.0. The monoisotopic (exact) mass is 339 g/mol. The Hall–Kier alpha value is -2.56. The molecule has 1 atom stereocenters.